The highest BCUT2D eigenvalue weighted by Crippen LogP contribution is 2.47. The van der Waals surface area contributed by atoms with E-state index in [0.29, 0.717) is 28.1 Å². The molecule has 0 saturated heterocycles. The van der Waals surface area contributed by atoms with Gasteiger partial charge in [-0.2, -0.15) is 0 Å². The Balaban J connectivity index is 2.09. The highest BCUT2D eigenvalue weighted by Gasteiger charge is 2.33. The van der Waals surface area contributed by atoms with Crippen LogP contribution in [-0.2, 0) is 0 Å². The molecule has 5 heteroatoms. The SMILES string of the molecule is C=C(C)[C@@H]1C[C@H](O)C(C)=C[C@H]1c1c(O)cc(-c2cncc(Cl)c2)cc1O. The van der Waals surface area contributed by atoms with Crippen molar-refractivity contribution in [3.63, 3.8) is 0 Å². The maximum atomic E-state index is 10.7. The monoisotopic (exact) mass is 371 g/mol. The van der Waals surface area contributed by atoms with Gasteiger partial charge in [-0.05, 0) is 55.5 Å². The smallest absolute Gasteiger partial charge is 0.123 e. The zero-order valence-electron chi connectivity index (χ0n) is 14.8. The molecule has 3 atom stereocenters. The molecule has 1 heterocycles. The summed E-state index contributed by atoms with van der Waals surface area (Å²) in [4.78, 5) is 4.04. The number of hydrogen-bond acceptors (Lipinski definition) is 4. The van der Waals surface area contributed by atoms with E-state index in [2.05, 4.69) is 11.6 Å². The number of aromatic hydroxyl groups is 2. The molecule has 0 spiro atoms. The van der Waals surface area contributed by atoms with Crippen LogP contribution in [0.5, 0.6) is 11.5 Å². The van der Waals surface area contributed by atoms with Crippen molar-refractivity contribution in [3.8, 4) is 22.6 Å². The van der Waals surface area contributed by atoms with E-state index in [1.165, 1.54) is 6.20 Å². The third-order valence-corrected chi connectivity index (χ3v) is 5.23. The molecule has 1 aliphatic carbocycles. The molecule has 136 valence electrons. The summed E-state index contributed by atoms with van der Waals surface area (Å²) in [6.45, 7) is 7.78. The first-order chi connectivity index (χ1) is 12.3. The highest BCUT2D eigenvalue weighted by molar-refractivity contribution is 6.30. The van der Waals surface area contributed by atoms with Gasteiger partial charge >= 0.3 is 0 Å². The molecule has 1 aromatic heterocycles. The van der Waals surface area contributed by atoms with E-state index in [0.717, 1.165) is 11.1 Å². The number of benzene rings is 1. The van der Waals surface area contributed by atoms with Gasteiger partial charge in [0.2, 0.25) is 0 Å². The Morgan fingerprint density at radius 3 is 2.38 bits per heavy atom. The van der Waals surface area contributed by atoms with Gasteiger partial charge in [0.25, 0.3) is 0 Å². The van der Waals surface area contributed by atoms with E-state index >= 15 is 0 Å². The van der Waals surface area contributed by atoms with Crippen molar-refractivity contribution in [2.45, 2.75) is 32.3 Å². The molecule has 0 aliphatic heterocycles. The molecule has 3 N–H and O–H groups in total. The van der Waals surface area contributed by atoms with Crippen molar-refractivity contribution in [2.24, 2.45) is 5.92 Å². The normalized spacial score (nSPS) is 22.8. The van der Waals surface area contributed by atoms with Gasteiger partial charge in [0.1, 0.15) is 11.5 Å². The number of phenolic OH excluding ortho intramolecular Hbond substituents is 2. The summed E-state index contributed by atoms with van der Waals surface area (Å²) >= 11 is 5.98. The molecule has 26 heavy (non-hydrogen) atoms. The van der Waals surface area contributed by atoms with Crippen LogP contribution in [0, 0.1) is 5.92 Å². The number of aromatic nitrogens is 1. The average Bonchev–Trinajstić information content (AvgIpc) is 2.56. The predicted molar refractivity (Wildman–Crippen MR) is 103 cm³/mol. The van der Waals surface area contributed by atoms with Crippen molar-refractivity contribution in [3.05, 3.63) is 65.0 Å². The average molecular weight is 372 g/mol. The number of aliphatic hydroxyl groups is 1. The van der Waals surface area contributed by atoms with Crippen LogP contribution in [-0.4, -0.2) is 26.4 Å². The van der Waals surface area contributed by atoms with Crippen molar-refractivity contribution in [1.29, 1.82) is 0 Å². The van der Waals surface area contributed by atoms with Crippen LogP contribution in [0.4, 0.5) is 0 Å². The molecule has 0 radical (unpaired) electrons. The Bertz CT molecular complexity index is 868. The Morgan fingerprint density at radius 1 is 1.15 bits per heavy atom. The zero-order valence-corrected chi connectivity index (χ0v) is 15.5. The van der Waals surface area contributed by atoms with Gasteiger partial charge in [-0.15, -0.1) is 0 Å². The number of aliphatic hydroxyl groups excluding tert-OH is 1. The van der Waals surface area contributed by atoms with E-state index < -0.39 is 6.10 Å². The van der Waals surface area contributed by atoms with E-state index in [9.17, 15) is 15.3 Å². The maximum Gasteiger partial charge on any atom is 0.123 e. The third kappa shape index (κ3) is 3.48. The van der Waals surface area contributed by atoms with Crippen molar-refractivity contribution < 1.29 is 15.3 Å². The van der Waals surface area contributed by atoms with Crippen molar-refractivity contribution in [2.75, 3.05) is 0 Å². The molecule has 2 aromatic rings. The number of halogens is 1. The minimum absolute atomic E-state index is 0.00309. The van der Waals surface area contributed by atoms with Crippen LogP contribution in [0.1, 0.15) is 31.7 Å². The Hall–Kier alpha value is -2.30. The minimum Gasteiger partial charge on any atom is -0.507 e. The molecule has 0 saturated carbocycles. The summed E-state index contributed by atoms with van der Waals surface area (Å²) in [5.41, 5.74) is 3.51. The number of allylic oxidation sites excluding steroid dienone is 2. The van der Waals surface area contributed by atoms with Crippen molar-refractivity contribution in [1.82, 2.24) is 4.98 Å². The fourth-order valence-corrected chi connectivity index (χ4v) is 3.75. The summed E-state index contributed by atoms with van der Waals surface area (Å²) in [6.07, 6.45) is 5.04. The largest absolute Gasteiger partial charge is 0.507 e. The lowest BCUT2D eigenvalue weighted by molar-refractivity contribution is 0.168. The molecular formula is C21H22ClNO3. The first-order valence-electron chi connectivity index (χ1n) is 8.46. The molecule has 1 aromatic carbocycles. The van der Waals surface area contributed by atoms with Gasteiger partial charge in [-0.25, -0.2) is 0 Å². The van der Waals surface area contributed by atoms with E-state index in [4.69, 9.17) is 11.6 Å². The van der Waals surface area contributed by atoms with Crippen LogP contribution >= 0.6 is 11.6 Å². The third-order valence-electron chi connectivity index (χ3n) is 5.02. The predicted octanol–water partition coefficient (Wildman–Crippen LogP) is 4.80. The van der Waals surface area contributed by atoms with Crippen LogP contribution in [0.2, 0.25) is 5.02 Å². The Morgan fingerprint density at radius 2 is 1.81 bits per heavy atom. The number of nitrogens with zero attached hydrogens (tertiary/aromatic N) is 1. The number of phenols is 2. The number of hydrogen-bond donors (Lipinski definition) is 3. The van der Waals surface area contributed by atoms with E-state index in [1.807, 2.05) is 19.9 Å². The van der Waals surface area contributed by atoms with Crippen LogP contribution in [0.3, 0.4) is 0 Å². The van der Waals surface area contributed by atoms with Crippen LogP contribution in [0.25, 0.3) is 11.1 Å². The second kappa shape index (κ2) is 7.14. The lowest BCUT2D eigenvalue weighted by Gasteiger charge is -2.34. The zero-order chi connectivity index (χ0) is 19.0. The maximum absolute atomic E-state index is 10.7. The lowest BCUT2D eigenvalue weighted by Crippen LogP contribution is -2.26. The molecular weight excluding hydrogens is 350 g/mol. The molecule has 0 fully saturated rings. The fraction of sp³-hybridized carbons (Fsp3) is 0.286. The number of pyridine rings is 1. The van der Waals surface area contributed by atoms with Gasteiger partial charge in [0.05, 0.1) is 11.1 Å². The summed E-state index contributed by atoms with van der Waals surface area (Å²) in [5.74, 6) is -0.319. The second-order valence-electron chi connectivity index (χ2n) is 6.96. The van der Waals surface area contributed by atoms with Crippen LogP contribution in [0.15, 0.2) is 54.4 Å². The Labute approximate surface area is 158 Å². The molecule has 0 amide bonds. The molecule has 4 nitrogen and oxygen atoms in total. The first-order valence-corrected chi connectivity index (χ1v) is 8.84. The summed E-state index contributed by atoms with van der Waals surface area (Å²) in [7, 11) is 0. The quantitative estimate of drug-likeness (QED) is 0.677. The molecule has 0 bridgehead atoms. The van der Waals surface area contributed by atoms with Gasteiger partial charge < -0.3 is 15.3 Å². The van der Waals surface area contributed by atoms with Gasteiger partial charge in [0, 0.05) is 29.4 Å². The molecule has 3 rings (SSSR count). The van der Waals surface area contributed by atoms with Crippen LogP contribution < -0.4 is 0 Å². The van der Waals surface area contributed by atoms with Crippen molar-refractivity contribution >= 4 is 11.6 Å². The van der Waals surface area contributed by atoms with E-state index in [1.54, 1.807) is 24.4 Å². The standard InChI is InChI=1S/C21H22ClNO3/c1-11(2)16-8-18(24)12(3)4-17(16)21-19(25)6-13(7-20(21)26)14-5-15(22)10-23-9-14/h4-7,9-10,16-18,24-26H,1,8H2,2-3H3/t16-,17+,18-/m0/s1. The molecule has 1 aliphatic rings. The number of rotatable bonds is 3. The molecule has 0 unspecified atom stereocenters. The van der Waals surface area contributed by atoms with E-state index in [-0.39, 0.29) is 23.3 Å². The highest BCUT2D eigenvalue weighted by atomic mass is 35.5. The summed E-state index contributed by atoms with van der Waals surface area (Å²) in [5, 5.41) is 32.0. The topological polar surface area (TPSA) is 73.6 Å². The minimum atomic E-state index is -0.533. The second-order valence-corrected chi connectivity index (χ2v) is 7.40. The van der Waals surface area contributed by atoms with Gasteiger partial charge in [0.15, 0.2) is 0 Å². The fourth-order valence-electron chi connectivity index (χ4n) is 3.58. The first kappa shape index (κ1) is 18.5. The Kier molecular flexibility index (Phi) is 5.08. The summed E-state index contributed by atoms with van der Waals surface area (Å²) < 4.78 is 0. The summed E-state index contributed by atoms with van der Waals surface area (Å²) in [6, 6.07) is 4.93. The van der Waals surface area contributed by atoms with Gasteiger partial charge in [-0.1, -0.05) is 29.8 Å². The van der Waals surface area contributed by atoms with Gasteiger partial charge in [-0.3, -0.25) is 4.98 Å². The lowest BCUT2D eigenvalue weighted by atomic mass is 9.72.